The fourth-order valence-corrected chi connectivity index (χ4v) is 3.77. The van der Waals surface area contributed by atoms with Gasteiger partial charge in [-0.15, -0.1) is 0 Å². The first kappa shape index (κ1) is 19.7. The van der Waals surface area contributed by atoms with Crippen LogP contribution in [0.25, 0.3) is 28.2 Å². The van der Waals surface area contributed by atoms with Crippen molar-refractivity contribution in [2.75, 3.05) is 5.73 Å². The molecule has 7 nitrogen and oxygen atoms in total. The Labute approximate surface area is 185 Å². The second-order valence-corrected chi connectivity index (χ2v) is 7.54. The number of rotatable bonds is 5. The van der Waals surface area contributed by atoms with Crippen molar-refractivity contribution in [2.24, 2.45) is 0 Å². The van der Waals surface area contributed by atoms with Gasteiger partial charge in [0.15, 0.2) is 11.5 Å². The lowest BCUT2D eigenvalue weighted by Gasteiger charge is -2.12. The molecule has 158 valence electrons. The van der Waals surface area contributed by atoms with Gasteiger partial charge in [-0.3, -0.25) is 9.36 Å². The highest BCUT2D eigenvalue weighted by molar-refractivity contribution is 5.96. The number of amides is 1. The van der Waals surface area contributed by atoms with Gasteiger partial charge >= 0.3 is 0 Å². The molecular formula is C25H22N6O. The first-order chi connectivity index (χ1) is 15.7. The number of nitrogens with one attached hydrogen (secondary N) is 1. The van der Waals surface area contributed by atoms with Crippen molar-refractivity contribution >= 4 is 22.9 Å². The van der Waals surface area contributed by atoms with Crippen molar-refractivity contribution in [3.8, 4) is 17.1 Å². The fraction of sp³-hybridized carbons (Fsp3) is 0.120. The molecule has 7 heteroatoms. The number of pyridine rings is 2. The third-order valence-electron chi connectivity index (χ3n) is 5.40. The predicted molar refractivity (Wildman–Crippen MR) is 125 cm³/mol. The molecule has 0 unspecified atom stereocenters. The van der Waals surface area contributed by atoms with Gasteiger partial charge in [-0.1, -0.05) is 30.4 Å². The molecule has 5 rings (SSSR count). The Balaban J connectivity index is 1.45. The smallest absolute Gasteiger partial charge is 0.251 e. The van der Waals surface area contributed by atoms with Crippen LogP contribution in [0.4, 0.5) is 5.82 Å². The molecule has 1 amide bonds. The standard InChI is InChI=1S/C25H22N6O/c26-22-20(8-4-14-27-22)23-30-21-9-5-15-28-24(21)31(23)19-12-10-17(11-13-19)16-29-25(32)18-6-2-1-3-7-18/h2,4-15H,1,3,16H2,(H2,26,27)(H,29,32). The Bertz CT molecular complexity index is 1350. The molecule has 0 bridgehead atoms. The summed E-state index contributed by atoms with van der Waals surface area (Å²) >= 11 is 0. The second-order valence-electron chi connectivity index (χ2n) is 7.54. The molecule has 0 saturated carbocycles. The van der Waals surface area contributed by atoms with Crippen LogP contribution in [0.2, 0.25) is 0 Å². The number of carbonyl (C=O) groups excluding carboxylic acids is 1. The van der Waals surface area contributed by atoms with Gasteiger partial charge in [-0.05, 0) is 54.8 Å². The zero-order valence-electron chi connectivity index (χ0n) is 17.4. The Morgan fingerprint density at radius 2 is 1.84 bits per heavy atom. The molecule has 3 heterocycles. The Hall–Kier alpha value is -4.26. The molecule has 0 radical (unpaired) electrons. The summed E-state index contributed by atoms with van der Waals surface area (Å²) in [5.41, 5.74) is 11.0. The van der Waals surface area contributed by atoms with Gasteiger partial charge < -0.3 is 11.1 Å². The maximum Gasteiger partial charge on any atom is 0.251 e. The van der Waals surface area contributed by atoms with Crippen molar-refractivity contribution in [2.45, 2.75) is 19.4 Å². The van der Waals surface area contributed by atoms with E-state index in [1.165, 1.54) is 0 Å². The van der Waals surface area contributed by atoms with Crippen LogP contribution in [-0.4, -0.2) is 25.4 Å². The number of anilines is 1. The molecule has 0 fully saturated rings. The van der Waals surface area contributed by atoms with Crippen molar-refractivity contribution in [3.05, 3.63) is 90.3 Å². The normalized spacial score (nSPS) is 13.2. The summed E-state index contributed by atoms with van der Waals surface area (Å²) in [6, 6.07) is 15.5. The highest BCUT2D eigenvalue weighted by atomic mass is 16.1. The average molecular weight is 422 g/mol. The number of benzene rings is 1. The molecule has 32 heavy (non-hydrogen) atoms. The predicted octanol–water partition coefficient (Wildman–Crippen LogP) is 3.96. The lowest BCUT2D eigenvalue weighted by molar-refractivity contribution is -0.117. The molecule has 3 N–H and O–H groups in total. The topological polar surface area (TPSA) is 98.7 Å². The van der Waals surface area contributed by atoms with Gasteiger partial charge in [0.2, 0.25) is 0 Å². The second kappa shape index (κ2) is 8.47. The van der Waals surface area contributed by atoms with E-state index < -0.39 is 0 Å². The number of carbonyl (C=O) groups is 1. The third-order valence-corrected chi connectivity index (χ3v) is 5.40. The van der Waals surface area contributed by atoms with Gasteiger partial charge in [-0.2, -0.15) is 0 Å². The van der Waals surface area contributed by atoms with Crippen LogP contribution >= 0.6 is 0 Å². The Morgan fingerprint density at radius 1 is 1.03 bits per heavy atom. The zero-order valence-corrected chi connectivity index (χ0v) is 17.4. The molecule has 3 aromatic heterocycles. The third kappa shape index (κ3) is 3.76. The number of hydrogen-bond donors (Lipinski definition) is 2. The fourth-order valence-electron chi connectivity index (χ4n) is 3.77. The monoisotopic (exact) mass is 422 g/mol. The van der Waals surface area contributed by atoms with Crippen LogP contribution in [-0.2, 0) is 11.3 Å². The number of imidazole rings is 1. The van der Waals surface area contributed by atoms with E-state index in [1.54, 1.807) is 12.4 Å². The van der Waals surface area contributed by atoms with E-state index in [4.69, 9.17) is 10.7 Å². The van der Waals surface area contributed by atoms with Crippen LogP contribution in [0.5, 0.6) is 0 Å². The van der Waals surface area contributed by atoms with Crippen LogP contribution < -0.4 is 11.1 Å². The quantitative estimate of drug-likeness (QED) is 0.507. The van der Waals surface area contributed by atoms with Crippen molar-refractivity contribution in [3.63, 3.8) is 0 Å². The van der Waals surface area contributed by atoms with Gasteiger partial charge in [-0.25, -0.2) is 15.0 Å². The molecule has 1 aliphatic carbocycles. The minimum atomic E-state index is -0.0517. The van der Waals surface area contributed by atoms with E-state index in [0.717, 1.165) is 46.4 Å². The number of nitrogens with zero attached hydrogens (tertiary/aromatic N) is 4. The van der Waals surface area contributed by atoms with Gasteiger partial charge in [0.05, 0.1) is 5.56 Å². The van der Waals surface area contributed by atoms with Gasteiger partial charge in [0, 0.05) is 30.2 Å². The van der Waals surface area contributed by atoms with Crippen molar-refractivity contribution in [1.29, 1.82) is 0 Å². The van der Waals surface area contributed by atoms with E-state index in [0.29, 0.717) is 18.2 Å². The van der Waals surface area contributed by atoms with E-state index >= 15 is 0 Å². The molecule has 1 aromatic carbocycles. The van der Waals surface area contributed by atoms with Gasteiger partial charge in [0.25, 0.3) is 5.91 Å². The molecule has 0 aliphatic heterocycles. The van der Waals surface area contributed by atoms with Crippen LogP contribution in [0, 0.1) is 0 Å². The summed E-state index contributed by atoms with van der Waals surface area (Å²) in [7, 11) is 0. The first-order valence-corrected chi connectivity index (χ1v) is 10.5. The number of aromatic nitrogens is 4. The highest BCUT2D eigenvalue weighted by Gasteiger charge is 2.17. The van der Waals surface area contributed by atoms with E-state index in [-0.39, 0.29) is 5.91 Å². The van der Waals surface area contributed by atoms with Crippen LogP contribution in [0.1, 0.15) is 18.4 Å². The summed E-state index contributed by atoms with van der Waals surface area (Å²) in [6.07, 6.45) is 11.2. The van der Waals surface area contributed by atoms with Crippen LogP contribution in [0.15, 0.2) is 84.7 Å². The molecule has 1 aliphatic rings. The number of fused-ring (bicyclic) bond motifs is 1. The van der Waals surface area contributed by atoms with Crippen molar-refractivity contribution in [1.82, 2.24) is 24.8 Å². The highest BCUT2D eigenvalue weighted by Crippen LogP contribution is 2.30. The maximum atomic E-state index is 12.3. The first-order valence-electron chi connectivity index (χ1n) is 10.5. The number of hydrogen-bond acceptors (Lipinski definition) is 5. The maximum absolute atomic E-state index is 12.3. The van der Waals surface area contributed by atoms with E-state index in [2.05, 4.69) is 15.3 Å². The summed E-state index contributed by atoms with van der Waals surface area (Å²) < 4.78 is 1.97. The zero-order chi connectivity index (χ0) is 21.9. The number of nitrogen functional groups attached to an aromatic ring is 1. The van der Waals surface area contributed by atoms with Crippen LogP contribution in [0.3, 0.4) is 0 Å². The summed E-state index contributed by atoms with van der Waals surface area (Å²) in [5.74, 6) is 1.04. The minimum Gasteiger partial charge on any atom is -0.383 e. The summed E-state index contributed by atoms with van der Waals surface area (Å²) in [5, 5.41) is 2.98. The molecular weight excluding hydrogens is 400 g/mol. The minimum absolute atomic E-state index is 0.0517. The summed E-state index contributed by atoms with van der Waals surface area (Å²) in [6.45, 7) is 0.454. The number of allylic oxidation sites excluding steroid dienone is 2. The lowest BCUT2D eigenvalue weighted by atomic mass is 10.1. The molecule has 0 saturated heterocycles. The molecule has 0 spiro atoms. The lowest BCUT2D eigenvalue weighted by Crippen LogP contribution is -2.24. The average Bonchev–Trinajstić information content (AvgIpc) is 3.23. The van der Waals surface area contributed by atoms with E-state index in [9.17, 15) is 4.79 Å². The van der Waals surface area contributed by atoms with E-state index in [1.807, 2.05) is 71.3 Å². The Kier molecular flexibility index (Phi) is 5.21. The van der Waals surface area contributed by atoms with Gasteiger partial charge in [0.1, 0.15) is 11.3 Å². The largest absolute Gasteiger partial charge is 0.383 e. The summed E-state index contributed by atoms with van der Waals surface area (Å²) in [4.78, 5) is 25.8. The molecule has 4 aromatic rings. The number of nitrogens with two attached hydrogens (primary N) is 1. The molecule has 0 atom stereocenters. The Morgan fingerprint density at radius 3 is 2.62 bits per heavy atom. The SMILES string of the molecule is Nc1ncccc1-c1nc2cccnc2n1-c1ccc(CNC(=O)C2=CCCC=C2)cc1. The van der Waals surface area contributed by atoms with Crippen molar-refractivity contribution < 1.29 is 4.79 Å².